The summed E-state index contributed by atoms with van der Waals surface area (Å²) < 4.78 is 2.77. The Hall–Kier alpha value is -1.41. The van der Waals surface area contributed by atoms with E-state index < -0.39 is 0 Å². The van der Waals surface area contributed by atoms with Crippen molar-refractivity contribution in [1.29, 1.82) is 5.26 Å². The molecule has 0 aliphatic heterocycles. The third kappa shape index (κ3) is 2.18. The monoisotopic (exact) mass is 292 g/mol. The lowest BCUT2D eigenvalue weighted by atomic mass is 9.96. The number of imidazole rings is 1. The molecule has 2 aromatic rings. The van der Waals surface area contributed by atoms with E-state index in [4.69, 9.17) is 5.26 Å². The summed E-state index contributed by atoms with van der Waals surface area (Å²) in [5.41, 5.74) is 1.48. The average Bonchev–Trinajstić information content (AvgIpc) is 2.56. The molecule has 88 valence electrons. The molecule has 0 aromatic carbocycles. The summed E-state index contributed by atoms with van der Waals surface area (Å²) in [6, 6.07) is 4.08. The van der Waals surface area contributed by atoms with E-state index in [9.17, 15) is 0 Å². The van der Waals surface area contributed by atoms with Crippen LogP contribution in [0.25, 0.3) is 11.2 Å². The Labute approximate surface area is 108 Å². The predicted molar refractivity (Wildman–Crippen MR) is 69.5 cm³/mol. The number of hydrogen-bond donors (Lipinski definition) is 0. The van der Waals surface area contributed by atoms with E-state index in [2.05, 4.69) is 52.7 Å². The summed E-state index contributed by atoms with van der Waals surface area (Å²) in [5.74, 6) is 0.889. The van der Waals surface area contributed by atoms with Crippen LogP contribution >= 0.6 is 15.9 Å². The van der Waals surface area contributed by atoms with Crippen LogP contribution < -0.4 is 0 Å². The second-order valence-electron chi connectivity index (χ2n) is 4.93. The SMILES string of the molecule is CC(C)(C)c1nc2cc(Br)cnc2n1CC#N. The van der Waals surface area contributed by atoms with Crippen molar-refractivity contribution in [2.24, 2.45) is 0 Å². The molecule has 2 rings (SSSR count). The Bertz CT molecular complexity index is 601. The Morgan fingerprint density at radius 2 is 2.18 bits per heavy atom. The van der Waals surface area contributed by atoms with E-state index in [0.717, 1.165) is 21.5 Å². The van der Waals surface area contributed by atoms with Crippen molar-refractivity contribution in [2.45, 2.75) is 32.7 Å². The number of pyridine rings is 1. The van der Waals surface area contributed by atoms with Gasteiger partial charge in [0.05, 0.1) is 6.07 Å². The van der Waals surface area contributed by atoms with Gasteiger partial charge in [-0.25, -0.2) is 9.97 Å². The van der Waals surface area contributed by atoms with Gasteiger partial charge in [0.25, 0.3) is 0 Å². The highest BCUT2D eigenvalue weighted by molar-refractivity contribution is 9.10. The molecule has 0 spiro atoms. The predicted octanol–water partition coefficient (Wildman–Crippen LogP) is 3.01. The molecular formula is C12H13BrN4. The minimum atomic E-state index is -0.107. The third-order valence-electron chi connectivity index (χ3n) is 2.45. The second kappa shape index (κ2) is 4.11. The number of nitrogens with zero attached hydrogens (tertiary/aromatic N) is 4. The lowest BCUT2D eigenvalue weighted by Gasteiger charge is -2.18. The van der Waals surface area contributed by atoms with E-state index in [1.165, 1.54) is 0 Å². The Morgan fingerprint density at radius 1 is 1.47 bits per heavy atom. The average molecular weight is 293 g/mol. The van der Waals surface area contributed by atoms with Crippen molar-refractivity contribution >= 4 is 27.1 Å². The van der Waals surface area contributed by atoms with Gasteiger partial charge in [-0.05, 0) is 22.0 Å². The molecule has 17 heavy (non-hydrogen) atoms. The minimum absolute atomic E-state index is 0.107. The Morgan fingerprint density at radius 3 is 2.76 bits per heavy atom. The maximum absolute atomic E-state index is 8.91. The minimum Gasteiger partial charge on any atom is -0.298 e. The van der Waals surface area contributed by atoms with Crippen molar-refractivity contribution in [1.82, 2.24) is 14.5 Å². The van der Waals surface area contributed by atoms with Gasteiger partial charge in [-0.1, -0.05) is 20.8 Å². The summed E-state index contributed by atoms with van der Waals surface area (Å²) in [6.07, 6.45) is 1.73. The van der Waals surface area contributed by atoms with Gasteiger partial charge in [0, 0.05) is 16.1 Å². The quantitative estimate of drug-likeness (QED) is 0.812. The van der Waals surface area contributed by atoms with Crippen LogP contribution in [-0.2, 0) is 12.0 Å². The highest BCUT2D eigenvalue weighted by atomic mass is 79.9. The molecular weight excluding hydrogens is 280 g/mol. The number of fused-ring (bicyclic) bond motifs is 1. The maximum atomic E-state index is 8.91. The fourth-order valence-electron chi connectivity index (χ4n) is 1.78. The van der Waals surface area contributed by atoms with Crippen LogP contribution in [0.5, 0.6) is 0 Å². The fraction of sp³-hybridized carbons (Fsp3) is 0.417. The molecule has 0 N–H and O–H groups in total. The zero-order chi connectivity index (χ0) is 12.6. The molecule has 2 aromatic heterocycles. The first-order valence-electron chi connectivity index (χ1n) is 5.32. The molecule has 2 heterocycles. The van der Waals surface area contributed by atoms with Crippen LogP contribution in [0.4, 0.5) is 0 Å². The van der Waals surface area contributed by atoms with Gasteiger partial charge >= 0.3 is 0 Å². The van der Waals surface area contributed by atoms with E-state index >= 15 is 0 Å². The zero-order valence-corrected chi connectivity index (χ0v) is 11.6. The van der Waals surface area contributed by atoms with E-state index in [-0.39, 0.29) is 12.0 Å². The van der Waals surface area contributed by atoms with Crippen molar-refractivity contribution < 1.29 is 0 Å². The lowest BCUT2D eigenvalue weighted by molar-refractivity contribution is 0.518. The van der Waals surface area contributed by atoms with Gasteiger partial charge in [-0.3, -0.25) is 4.57 Å². The van der Waals surface area contributed by atoms with Crippen molar-refractivity contribution in [3.8, 4) is 6.07 Å². The van der Waals surface area contributed by atoms with Gasteiger partial charge in [0.15, 0.2) is 5.65 Å². The second-order valence-corrected chi connectivity index (χ2v) is 5.84. The van der Waals surface area contributed by atoms with Crippen LogP contribution in [0.15, 0.2) is 16.7 Å². The van der Waals surface area contributed by atoms with E-state index in [1.54, 1.807) is 6.20 Å². The number of halogens is 1. The molecule has 4 nitrogen and oxygen atoms in total. The summed E-state index contributed by atoms with van der Waals surface area (Å²) in [4.78, 5) is 8.92. The molecule has 0 saturated heterocycles. The first kappa shape index (κ1) is 12.1. The van der Waals surface area contributed by atoms with Gasteiger partial charge in [0.1, 0.15) is 17.9 Å². The van der Waals surface area contributed by atoms with Gasteiger partial charge < -0.3 is 0 Å². The van der Waals surface area contributed by atoms with Gasteiger partial charge in [-0.2, -0.15) is 5.26 Å². The first-order chi connectivity index (χ1) is 7.93. The first-order valence-corrected chi connectivity index (χ1v) is 6.12. The van der Waals surface area contributed by atoms with Crippen LogP contribution in [0.1, 0.15) is 26.6 Å². The summed E-state index contributed by atoms with van der Waals surface area (Å²) >= 11 is 3.38. The molecule has 5 heteroatoms. The highest BCUT2D eigenvalue weighted by Gasteiger charge is 2.23. The molecule has 0 amide bonds. The molecule has 0 atom stereocenters. The molecule has 0 radical (unpaired) electrons. The third-order valence-corrected chi connectivity index (χ3v) is 2.88. The highest BCUT2D eigenvalue weighted by Crippen LogP contribution is 2.26. The Balaban J connectivity index is 2.75. The molecule has 0 aliphatic carbocycles. The standard InChI is InChI=1S/C12H13BrN4/c1-12(2,3)11-16-9-6-8(13)7-15-10(9)17(11)5-4-14/h6-7H,5H2,1-3H3. The van der Waals surface area contributed by atoms with Crippen LogP contribution in [0.3, 0.4) is 0 Å². The number of hydrogen-bond acceptors (Lipinski definition) is 3. The maximum Gasteiger partial charge on any atom is 0.161 e. The number of nitriles is 1. The van der Waals surface area contributed by atoms with E-state index in [0.29, 0.717) is 0 Å². The van der Waals surface area contributed by atoms with Crippen molar-refractivity contribution in [3.05, 3.63) is 22.6 Å². The smallest absolute Gasteiger partial charge is 0.161 e. The zero-order valence-electron chi connectivity index (χ0n) is 10.0. The molecule has 0 aliphatic rings. The summed E-state index contributed by atoms with van der Waals surface area (Å²) in [7, 11) is 0. The van der Waals surface area contributed by atoms with Crippen LogP contribution in [0.2, 0.25) is 0 Å². The number of aromatic nitrogens is 3. The summed E-state index contributed by atoms with van der Waals surface area (Å²) in [5, 5.41) is 8.91. The van der Waals surface area contributed by atoms with Gasteiger partial charge in [0.2, 0.25) is 0 Å². The van der Waals surface area contributed by atoms with Crippen LogP contribution in [0, 0.1) is 11.3 Å². The molecule has 0 fully saturated rings. The Kier molecular flexibility index (Phi) is 2.92. The number of rotatable bonds is 1. The molecule has 0 saturated carbocycles. The fourth-order valence-corrected chi connectivity index (χ4v) is 2.10. The molecule has 0 bridgehead atoms. The normalized spacial score (nSPS) is 11.7. The lowest BCUT2D eigenvalue weighted by Crippen LogP contribution is -2.19. The molecule has 0 unspecified atom stereocenters. The summed E-state index contributed by atoms with van der Waals surface area (Å²) in [6.45, 7) is 6.52. The van der Waals surface area contributed by atoms with Gasteiger partial charge in [-0.15, -0.1) is 0 Å². The topological polar surface area (TPSA) is 54.5 Å². The van der Waals surface area contributed by atoms with Crippen molar-refractivity contribution in [2.75, 3.05) is 0 Å². The largest absolute Gasteiger partial charge is 0.298 e. The van der Waals surface area contributed by atoms with Crippen LogP contribution in [-0.4, -0.2) is 14.5 Å². The van der Waals surface area contributed by atoms with E-state index in [1.807, 2.05) is 10.6 Å². The van der Waals surface area contributed by atoms with Crippen molar-refractivity contribution in [3.63, 3.8) is 0 Å².